The van der Waals surface area contributed by atoms with E-state index in [2.05, 4.69) is 0 Å². The Morgan fingerprint density at radius 2 is 2.11 bits per heavy atom. The van der Waals surface area contributed by atoms with Crippen LogP contribution in [0.3, 0.4) is 0 Å². The van der Waals surface area contributed by atoms with Gasteiger partial charge in [-0.1, -0.05) is 12.1 Å². The second kappa shape index (κ2) is 5.32. The Kier molecular flexibility index (Phi) is 3.76. The first kappa shape index (κ1) is 13.4. The molecule has 0 saturated heterocycles. The van der Waals surface area contributed by atoms with E-state index in [0.29, 0.717) is 12.3 Å². The molecule has 0 bridgehead atoms. The number of thiophene rings is 1. The van der Waals surface area contributed by atoms with Crippen molar-refractivity contribution in [3.05, 3.63) is 34.7 Å². The molecule has 0 aliphatic rings. The molecule has 0 saturated carbocycles. The molecule has 0 aliphatic carbocycles. The number of benzene rings is 1. The summed E-state index contributed by atoms with van der Waals surface area (Å²) >= 11 is 1.18. The average molecular weight is 277 g/mol. The summed E-state index contributed by atoms with van der Waals surface area (Å²) in [4.78, 5) is 12.2. The zero-order chi connectivity index (χ0) is 14.0. The Hall–Kier alpha value is -2.01. The third-order valence-electron chi connectivity index (χ3n) is 2.82. The van der Waals surface area contributed by atoms with Crippen molar-refractivity contribution >= 4 is 23.0 Å². The molecule has 2 rings (SSSR count). The van der Waals surface area contributed by atoms with Gasteiger partial charge in [-0.25, -0.2) is 4.79 Å². The van der Waals surface area contributed by atoms with Crippen molar-refractivity contribution < 1.29 is 14.6 Å². The van der Waals surface area contributed by atoms with Crippen LogP contribution in [-0.4, -0.2) is 17.7 Å². The highest BCUT2D eigenvalue weighted by atomic mass is 32.1. The van der Waals surface area contributed by atoms with Crippen molar-refractivity contribution in [2.24, 2.45) is 0 Å². The fourth-order valence-electron chi connectivity index (χ4n) is 1.88. The lowest BCUT2D eigenvalue weighted by Gasteiger charge is -2.09. The number of hydrogen-bond acceptors (Lipinski definition) is 4. The van der Waals surface area contributed by atoms with Crippen molar-refractivity contribution in [1.82, 2.24) is 0 Å². The molecule has 1 heterocycles. The predicted molar refractivity (Wildman–Crippen MR) is 77.0 cm³/mol. The number of carbonyl (C=O) groups is 1. The van der Waals surface area contributed by atoms with Gasteiger partial charge < -0.3 is 15.6 Å². The topological polar surface area (TPSA) is 72.5 Å². The van der Waals surface area contributed by atoms with E-state index >= 15 is 0 Å². The van der Waals surface area contributed by atoms with Gasteiger partial charge in [0.25, 0.3) is 0 Å². The lowest BCUT2D eigenvalue weighted by molar-refractivity contribution is 0.0703. The number of para-hydroxylation sites is 1. The lowest BCUT2D eigenvalue weighted by atomic mass is 10.1. The number of carboxylic acids is 1. The third-order valence-corrected chi connectivity index (χ3v) is 4.15. The number of rotatable bonds is 4. The third kappa shape index (κ3) is 2.42. The van der Waals surface area contributed by atoms with Crippen LogP contribution in [0.4, 0.5) is 5.69 Å². The Balaban J connectivity index is 2.59. The molecule has 2 aromatic rings. The van der Waals surface area contributed by atoms with Crippen molar-refractivity contribution in [3.63, 3.8) is 0 Å². The molecule has 0 atom stereocenters. The van der Waals surface area contributed by atoms with Crippen LogP contribution in [0.1, 0.15) is 22.2 Å². The van der Waals surface area contributed by atoms with E-state index < -0.39 is 5.97 Å². The quantitative estimate of drug-likeness (QED) is 0.898. The standard InChI is InChI=1S/C14H15NO3S/c1-3-18-10-7-5-4-6-9(10)12-8(2)11(15)13(19-12)14(16)17/h4-7H,3,15H2,1-2H3,(H,16,17). The van der Waals surface area contributed by atoms with Gasteiger partial charge in [0.2, 0.25) is 0 Å². The molecule has 0 unspecified atom stereocenters. The van der Waals surface area contributed by atoms with Gasteiger partial charge in [0.05, 0.1) is 12.3 Å². The minimum atomic E-state index is -0.995. The van der Waals surface area contributed by atoms with Crippen LogP contribution in [-0.2, 0) is 0 Å². The molecular weight excluding hydrogens is 262 g/mol. The first-order valence-electron chi connectivity index (χ1n) is 5.90. The van der Waals surface area contributed by atoms with E-state index in [4.69, 9.17) is 15.6 Å². The monoisotopic (exact) mass is 277 g/mol. The van der Waals surface area contributed by atoms with Crippen molar-refractivity contribution in [3.8, 4) is 16.2 Å². The van der Waals surface area contributed by atoms with Crippen LogP contribution in [0.15, 0.2) is 24.3 Å². The van der Waals surface area contributed by atoms with Crippen LogP contribution in [0.25, 0.3) is 10.4 Å². The SMILES string of the molecule is CCOc1ccccc1-c1sc(C(=O)O)c(N)c1C. The van der Waals surface area contributed by atoms with Crippen LogP contribution in [0, 0.1) is 6.92 Å². The molecule has 0 fully saturated rings. The number of carboxylic acid groups (broad SMARTS) is 1. The van der Waals surface area contributed by atoms with Crippen LogP contribution in [0.2, 0.25) is 0 Å². The molecule has 0 spiro atoms. The molecule has 19 heavy (non-hydrogen) atoms. The maximum Gasteiger partial charge on any atom is 0.348 e. The molecule has 0 radical (unpaired) electrons. The largest absolute Gasteiger partial charge is 0.493 e. The van der Waals surface area contributed by atoms with Crippen molar-refractivity contribution in [2.45, 2.75) is 13.8 Å². The van der Waals surface area contributed by atoms with E-state index in [9.17, 15) is 4.79 Å². The van der Waals surface area contributed by atoms with E-state index in [1.54, 1.807) is 0 Å². The molecule has 3 N–H and O–H groups in total. The Labute approximate surface area is 115 Å². The normalized spacial score (nSPS) is 10.4. The zero-order valence-electron chi connectivity index (χ0n) is 10.8. The Bertz CT molecular complexity index is 619. The van der Waals surface area contributed by atoms with Gasteiger partial charge in [0, 0.05) is 10.4 Å². The average Bonchev–Trinajstić information content (AvgIpc) is 2.68. The highest BCUT2D eigenvalue weighted by molar-refractivity contribution is 7.18. The van der Waals surface area contributed by atoms with E-state index in [1.165, 1.54) is 11.3 Å². The number of nitrogen functional groups attached to an aromatic ring is 1. The van der Waals surface area contributed by atoms with Crippen molar-refractivity contribution in [1.29, 1.82) is 0 Å². The smallest absolute Gasteiger partial charge is 0.348 e. The van der Waals surface area contributed by atoms with E-state index in [-0.39, 0.29) is 4.88 Å². The fourth-order valence-corrected chi connectivity index (χ4v) is 2.97. The summed E-state index contributed by atoms with van der Waals surface area (Å²) in [6.45, 7) is 4.30. The summed E-state index contributed by atoms with van der Waals surface area (Å²) < 4.78 is 5.57. The second-order valence-electron chi connectivity index (χ2n) is 4.03. The summed E-state index contributed by atoms with van der Waals surface area (Å²) in [5.74, 6) is -0.253. The van der Waals surface area contributed by atoms with E-state index in [1.807, 2.05) is 38.1 Å². The molecule has 0 amide bonds. The minimum absolute atomic E-state index is 0.179. The van der Waals surface area contributed by atoms with Gasteiger partial charge in [0.1, 0.15) is 10.6 Å². The number of nitrogens with two attached hydrogens (primary N) is 1. The van der Waals surface area contributed by atoms with Gasteiger partial charge >= 0.3 is 5.97 Å². The maximum absolute atomic E-state index is 11.1. The summed E-state index contributed by atoms with van der Waals surface area (Å²) in [6.07, 6.45) is 0. The molecule has 4 nitrogen and oxygen atoms in total. The number of ether oxygens (including phenoxy) is 1. The summed E-state index contributed by atoms with van der Waals surface area (Å²) in [5.41, 5.74) is 7.85. The molecule has 1 aromatic heterocycles. The molecule has 1 aromatic carbocycles. The van der Waals surface area contributed by atoms with Crippen LogP contribution < -0.4 is 10.5 Å². The van der Waals surface area contributed by atoms with Gasteiger partial charge in [0.15, 0.2) is 0 Å². The molecule has 0 aliphatic heterocycles. The van der Waals surface area contributed by atoms with Crippen LogP contribution in [0.5, 0.6) is 5.75 Å². The van der Waals surface area contributed by atoms with Gasteiger partial charge in [-0.05, 0) is 31.5 Å². The zero-order valence-corrected chi connectivity index (χ0v) is 11.6. The first-order chi connectivity index (χ1) is 9.06. The fraction of sp³-hybridized carbons (Fsp3) is 0.214. The van der Waals surface area contributed by atoms with Gasteiger partial charge in [-0.3, -0.25) is 0 Å². The lowest BCUT2D eigenvalue weighted by Crippen LogP contribution is -1.98. The number of hydrogen-bond donors (Lipinski definition) is 2. The molecule has 5 heteroatoms. The summed E-state index contributed by atoms with van der Waals surface area (Å²) in [6, 6.07) is 7.57. The second-order valence-corrected chi connectivity index (χ2v) is 5.05. The van der Waals surface area contributed by atoms with E-state index in [0.717, 1.165) is 21.8 Å². The van der Waals surface area contributed by atoms with Crippen LogP contribution >= 0.6 is 11.3 Å². The summed E-state index contributed by atoms with van der Waals surface area (Å²) in [5, 5.41) is 9.12. The predicted octanol–water partition coefficient (Wildman–Crippen LogP) is 3.40. The van der Waals surface area contributed by atoms with Gasteiger partial charge in [-0.2, -0.15) is 0 Å². The maximum atomic E-state index is 11.1. The Morgan fingerprint density at radius 1 is 1.42 bits per heavy atom. The highest BCUT2D eigenvalue weighted by Crippen LogP contribution is 2.41. The van der Waals surface area contributed by atoms with Crippen molar-refractivity contribution in [2.75, 3.05) is 12.3 Å². The highest BCUT2D eigenvalue weighted by Gasteiger charge is 2.20. The number of anilines is 1. The number of aromatic carboxylic acids is 1. The minimum Gasteiger partial charge on any atom is -0.493 e. The summed E-state index contributed by atoms with van der Waals surface area (Å²) in [7, 11) is 0. The Morgan fingerprint density at radius 3 is 2.68 bits per heavy atom. The first-order valence-corrected chi connectivity index (χ1v) is 6.72. The molecule has 100 valence electrons. The molecular formula is C14H15NO3S. The van der Waals surface area contributed by atoms with Gasteiger partial charge in [-0.15, -0.1) is 11.3 Å².